The summed E-state index contributed by atoms with van der Waals surface area (Å²) in [6.07, 6.45) is 3.38. The Morgan fingerprint density at radius 2 is 1.87 bits per heavy atom. The summed E-state index contributed by atoms with van der Waals surface area (Å²) in [7, 11) is 1.60. The number of ether oxygens (including phenoxy) is 3. The van der Waals surface area contributed by atoms with E-state index in [1.54, 1.807) is 19.4 Å². The van der Waals surface area contributed by atoms with Crippen LogP contribution in [-0.4, -0.2) is 21.6 Å². The van der Waals surface area contributed by atoms with E-state index in [9.17, 15) is 5.11 Å². The second-order valence-corrected chi connectivity index (χ2v) is 7.96. The zero-order valence-corrected chi connectivity index (χ0v) is 17.6. The number of rotatable bonds is 6. The van der Waals surface area contributed by atoms with Gasteiger partial charge in [-0.3, -0.25) is 0 Å². The Bertz CT molecular complexity index is 1210. The molecule has 7 heteroatoms. The van der Waals surface area contributed by atoms with Crippen LogP contribution in [0.15, 0.2) is 66.9 Å². The SMILES string of the molecule is COc1cccnc1Oc1cccc2c1CC[C@H]2Oc1ccc(-c2cc(O)ns2)cc1. The van der Waals surface area contributed by atoms with Gasteiger partial charge in [-0.1, -0.05) is 12.1 Å². The molecular weight excluding hydrogens is 412 g/mol. The van der Waals surface area contributed by atoms with Gasteiger partial charge in [0.15, 0.2) is 5.75 Å². The number of nitrogens with zero attached hydrogens (tertiary/aromatic N) is 2. The van der Waals surface area contributed by atoms with E-state index in [-0.39, 0.29) is 12.0 Å². The lowest BCUT2D eigenvalue weighted by Crippen LogP contribution is -2.03. The Balaban J connectivity index is 1.34. The van der Waals surface area contributed by atoms with Crippen LogP contribution in [0.5, 0.6) is 29.0 Å². The van der Waals surface area contributed by atoms with Gasteiger partial charge in [0.05, 0.1) is 12.0 Å². The van der Waals surface area contributed by atoms with E-state index in [4.69, 9.17) is 14.2 Å². The summed E-state index contributed by atoms with van der Waals surface area (Å²) in [5.74, 6) is 2.67. The number of hydrogen-bond donors (Lipinski definition) is 1. The van der Waals surface area contributed by atoms with E-state index < -0.39 is 0 Å². The van der Waals surface area contributed by atoms with E-state index in [2.05, 4.69) is 15.4 Å². The maximum Gasteiger partial charge on any atom is 0.262 e. The second kappa shape index (κ2) is 8.28. The summed E-state index contributed by atoms with van der Waals surface area (Å²) in [5, 5.41) is 9.45. The molecule has 0 aliphatic heterocycles. The van der Waals surface area contributed by atoms with Crippen molar-refractivity contribution in [3.8, 4) is 39.4 Å². The summed E-state index contributed by atoms with van der Waals surface area (Å²) in [5.41, 5.74) is 3.26. The van der Waals surface area contributed by atoms with Gasteiger partial charge < -0.3 is 19.3 Å². The predicted octanol–water partition coefficient (Wildman–Crippen LogP) is 5.78. The molecule has 2 aromatic heterocycles. The van der Waals surface area contributed by atoms with Gasteiger partial charge in [0.2, 0.25) is 5.88 Å². The minimum Gasteiger partial charge on any atom is -0.493 e. The highest BCUT2D eigenvalue weighted by molar-refractivity contribution is 7.09. The molecule has 1 atom stereocenters. The minimum absolute atomic E-state index is 0.0394. The first kappa shape index (κ1) is 19.4. The molecular formula is C24H20N2O4S. The zero-order valence-electron chi connectivity index (χ0n) is 16.8. The summed E-state index contributed by atoms with van der Waals surface area (Å²) in [6, 6.07) is 19.2. The Hall–Kier alpha value is -3.58. The van der Waals surface area contributed by atoms with Crippen LogP contribution >= 0.6 is 11.5 Å². The topological polar surface area (TPSA) is 73.7 Å². The summed E-state index contributed by atoms with van der Waals surface area (Å²) < 4.78 is 21.6. The van der Waals surface area contributed by atoms with Crippen molar-refractivity contribution in [2.45, 2.75) is 18.9 Å². The van der Waals surface area contributed by atoms with Crippen molar-refractivity contribution in [2.24, 2.45) is 0 Å². The molecule has 0 saturated carbocycles. The van der Waals surface area contributed by atoms with Crippen LogP contribution in [0, 0.1) is 0 Å². The van der Waals surface area contributed by atoms with Crippen molar-refractivity contribution in [3.05, 3.63) is 78.0 Å². The molecule has 0 unspecified atom stereocenters. The highest BCUT2D eigenvalue weighted by Crippen LogP contribution is 2.42. The molecule has 5 rings (SSSR count). The lowest BCUT2D eigenvalue weighted by molar-refractivity contribution is 0.207. The molecule has 156 valence electrons. The van der Waals surface area contributed by atoms with Gasteiger partial charge in [0.25, 0.3) is 5.88 Å². The average Bonchev–Trinajstić information content (AvgIpc) is 3.42. The Morgan fingerprint density at radius 1 is 1.03 bits per heavy atom. The van der Waals surface area contributed by atoms with Gasteiger partial charge in [-0.25, -0.2) is 4.98 Å². The number of methoxy groups -OCH3 is 1. The molecule has 4 aromatic rings. The number of benzene rings is 2. The lowest BCUT2D eigenvalue weighted by atomic mass is 10.1. The number of aromatic hydroxyl groups is 1. The lowest BCUT2D eigenvalue weighted by Gasteiger charge is -2.16. The van der Waals surface area contributed by atoms with Crippen molar-refractivity contribution >= 4 is 11.5 Å². The highest BCUT2D eigenvalue weighted by atomic mass is 32.1. The molecule has 0 spiro atoms. The predicted molar refractivity (Wildman–Crippen MR) is 118 cm³/mol. The first-order valence-corrected chi connectivity index (χ1v) is 10.7. The normalized spacial score (nSPS) is 14.8. The Labute approximate surface area is 183 Å². The molecule has 0 fully saturated rings. The third-order valence-corrected chi connectivity index (χ3v) is 6.08. The van der Waals surface area contributed by atoms with Crippen molar-refractivity contribution in [1.82, 2.24) is 9.36 Å². The first-order valence-electron chi connectivity index (χ1n) is 9.92. The van der Waals surface area contributed by atoms with E-state index in [0.717, 1.165) is 45.9 Å². The van der Waals surface area contributed by atoms with Crippen molar-refractivity contribution in [2.75, 3.05) is 7.11 Å². The molecule has 2 aromatic carbocycles. The molecule has 1 aliphatic rings. The molecule has 2 heterocycles. The molecule has 6 nitrogen and oxygen atoms in total. The summed E-state index contributed by atoms with van der Waals surface area (Å²) in [4.78, 5) is 5.21. The van der Waals surface area contributed by atoms with E-state index in [0.29, 0.717) is 11.6 Å². The largest absolute Gasteiger partial charge is 0.493 e. The molecule has 31 heavy (non-hydrogen) atoms. The average molecular weight is 433 g/mol. The van der Waals surface area contributed by atoms with Crippen LogP contribution < -0.4 is 14.2 Å². The summed E-state index contributed by atoms with van der Waals surface area (Å²) in [6.45, 7) is 0. The standard InChI is InChI=1S/C24H20N2O4S/c1-28-21-6-3-13-25-24(21)30-19-5-2-4-17-18(19)11-12-20(17)29-16-9-7-15(8-10-16)22-14-23(27)26-31-22/h2-10,13-14,20H,11-12H2,1H3,(H,26,27)/t20-/m1/s1. The smallest absolute Gasteiger partial charge is 0.262 e. The number of hydrogen-bond acceptors (Lipinski definition) is 7. The monoisotopic (exact) mass is 432 g/mol. The number of pyridine rings is 1. The van der Waals surface area contributed by atoms with Gasteiger partial charge in [-0.05, 0) is 78.0 Å². The molecule has 0 saturated heterocycles. The van der Waals surface area contributed by atoms with E-state index in [1.807, 2.05) is 48.5 Å². The van der Waals surface area contributed by atoms with Crippen LogP contribution in [-0.2, 0) is 6.42 Å². The van der Waals surface area contributed by atoms with Gasteiger partial charge in [-0.2, -0.15) is 4.37 Å². The molecule has 1 N–H and O–H groups in total. The molecule has 0 amide bonds. The first-order chi connectivity index (χ1) is 15.2. The van der Waals surface area contributed by atoms with Crippen LogP contribution in [0.4, 0.5) is 0 Å². The van der Waals surface area contributed by atoms with E-state index >= 15 is 0 Å². The van der Waals surface area contributed by atoms with Crippen molar-refractivity contribution in [1.29, 1.82) is 0 Å². The van der Waals surface area contributed by atoms with Crippen molar-refractivity contribution in [3.63, 3.8) is 0 Å². The minimum atomic E-state index is -0.0394. The van der Waals surface area contributed by atoms with Crippen LogP contribution in [0.2, 0.25) is 0 Å². The molecule has 0 bridgehead atoms. The van der Waals surface area contributed by atoms with Gasteiger partial charge in [-0.15, -0.1) is 0 Å². The zero-order chi connectivity index (χ0) is 21.2. The van der Waals surface area contributed by atoms with Crippen LogP contribution in [0.3, 0.4) is 0 Å². The van der Waals surface area contributed by atoms with Crippen LogP contribution in [0.1, 0.15) is 23.7 Å². The van der Waals surface area contributed by atoms with Gasteiger partial charge in [0, 0.05) is 17.8 Å². The quantitative estimate of drug-likeness (QED) is 0.416. The van der Waals surface area contributed by atoms with Crippen LogP contribution in [0.25, 0.3) is 10.4 Å². The second-order valence-electron chi connectivity index (χ2n) is 7.16. The van der Waals surface area contributed by atoms with Gasteiger partial charge in [0.1, 0.15) is 17.6 Å². The van der Waals surface area contributed by atoms with Crippen molar-refractivity contribution < 1.29 is 19.3 Å². The van der Waals surface area contributed by atoms with Gasteiger partial charge >= 0.3 is 0 Å². The number of aromatic nitrogens is 2. The summed E-state index contributed by atoms with van der Waals surface area (Å²) >= 11 is 1.27. The maximum atomic E-state index is 9.45. The molecule has 0 radical (unpaired) electrons. The third-order valence-electron chi connectivity index (χ3n) is 5.25. The Kier molecular flexibility index (Phi) is 5.18. The number of fused-ring (bicyclic) bond motifs is 1. The Morgan fingerprint density at radius 3 is 2.65 bits per heavy atom. The fraction of sp³-hybridized carbons (Fsp3) is 0.167. The fourth-order valence-corrected chi connectivity index (χ4v) is 4.42. The molecule has 1 aliphatic carbocycles. The highest BCUT2D eigenvalue weighted by Gasteiger charge is 2.27. The third kappa shape index (κ3) is 3.92. The van der Waals surface area contributed by atoms with E-state index in [1.165, 1.54) is 11.5 Å². The fourth-order valence-electron chi connectivity index (χ4n) is 3.78. The maximum absolute atomic E-state index is 9.45.